The van der Waals surface area contributed by atoms with E-state index in [0.29, 0.717) is 22.5 Å². The molecule has 0 radical (unpaired) electrons. The summed E-state index contributed by atoms with van der Waals surface area (Å²) in [5.74, 6) is -7.19. The number of hydrogen-bond acceptors (Lipinski definition) is 7. The molecular weight excluding hydrogens is 464 g/mol. The Balaban J connectivity index is 1.91. The third kappa shape index (κ3) is 4.31. The van der Waals surface area contributed by atoms with Crippen molar-refractivity contribution in [2.24, 2.45) is 5.92 Å². The Kier molecular flexibility index (Phi) is 6.95. The van der Waals surface area contributed by atoms with E-state index in [1.807, 2.05) is 0 Å². The van der Waals surface area contributed by atoms with Gasteiger partial charge in [0.15, 0.2) is 6.17 Å². The van der Waals surface area contributed by atoms with Gasteiger partial charge in [-0.05, 0) is 0 Å². The molecule has 1 aliphatic heterocycles. The fourth-order valence-corrected chi connectivity index (χ4v) is 4.43. The summed E-state index contributed by atoms with van der Waals surface area (Å²) in [6.07, 6.45) is -8.13. The molecule has 2 aromatic carbocycles. The molecule has 9 nitrogen and oxygen atoms in total. The smallest absolute Gasteiger partial charge is 0.372 e. The standard InChI is InChI=1S/C24H25F2N3O6/c1-13-18(22(25)24(26,23(33)34)35-21(13)20(32)16(31)12-30)29-19(15-10-6-3-7-11-15)17(27-28-29)14-8-4-2-5-9-14/h2-11,13,16,18,20-22,30-32H,12H2,1H3,(H,33,34)/t13-,16-,18-,20-,21-,22?,24?/m1/s1. The van der Waals surface area contributed by atoms with Gasteiger partial charge in [0.2, 0.25) is 0 Å². The maximum Gasteiger partial charge on any atom is 0.372 e. The van der Waals surface area contributed by atoms with Crippen LogP contribution in [0.4, 0.5) is 8.78 Å². The molecular formula is C24H25F2N3O6. The monoisotopic (exact) mass is 489 g/mol. The Morgan fingerprint density at radius 1 is 1.11 bits per heavy atom. The van der Waals surface area contributed by atoms with Crippen molar-refractivity contribution in [2.75, 3.05) is 6.61 Å². The lowest BCUT2D eigenvalue weighted by molar-refractivity contribution is -0.290. The van der Waals surface area contributed by atoms with Crippen LogP contribution in [0.15, 0.2) is 60.7 Å². The average Bonchev–Trinajstić information content (AvgIpc) is 3.31. The van der Waals surface area contributed by atoms with Crippen LogP contribution in [-0.4, -0.2) is 78.3 Å². The molecule has 0 amide bonds. The summed E-state index contributed by atoms with van der Waals surface area (Å²) in [6.45, 7) is 0.510. The number of carbonyl (C=O) groups is 1. The normalized spacial score (nSPS) is 28.4. The number of ether oxygens (including phenoxy) is 1. The van der Waals surface area contributed by atoms with E-state index in [0.717, 1.165) is 4.68 Å². The molecule has 0 bridgehead atoms. The van der Waals surface area contributed by atoms with Crippen molar-refractivity contribution in [2.45, 2.75) is 43.3 Å². The van der Waals surface area contributed by atoms with Crippen molar-refractivity contribution < 1.29 is 38.7 Å². The number of aromatic nitrogens is 3. The van der Waals surface area contributed by atoms with Crippen LogP contribution in [0.5, 0.6) is 0 Å². The van der Waals surface area contributed by atoms with Crippen LogP contribution in [0.2, 0.25) is 0 Å². The molecule has 1 fully saturated rings. The van der Waals surface area contributed by atoms with Crippen LogP contribution in [0, 0.1) is 5.92 Å². The Hall–Kier alpha value is -3.25. The van der Waals surface area contributed by atoms with E-state index >= 15 is 8.78 Å². The molecule has 1 saturated heterocycles. The van der Waals surface area contributed by atoms with E-state index in [9.17, 15) is 25.2 Å². The number of aliphatic carboxylic acids is 1. The van der Waals surface area contributed by atoms with Crippen LogP contribution < -0.4 is 0 Å². The topological polar surface area (TPSA) is 138 Å². The molecule has 1 aliphatic rings. The molecule has 4 rings (SSSR count). The van der Waals surface area contributed by atoms with Gasteiger partial charge < -0.3 is 25.2 Å². The summed E-state index contributed by atoms with van der Waals surface area (Å²) in [5, 5.41) is 47.5. The van der Waals surface area contributed by atoms with Crippen molar-refractivity contribution in [3.05, 3.63) is 60.7 Å². The molecule has 4 N–H and O–H groups in total. The fourth-order valence-electron chi connectivity index (χ4n) is 4.43. The molecule has 2 unspecified atom stereocenters. The number of halogens is 2. The zero-order chi connectivity index (χ0) is 25.3. The van der Waals surface area contributed by atoms with Gasteiger partial charge in [0.25, 0.3) is 0 Å². The van der Waals surface area contributed by atoms with E-state index in [2.05, 4.69) is 10.3 Å². The summed E-state index contributed by atoms with van der Waals surface area (Å²) >= 11 is 0. The van der Waals surface area contributed by atoms with Gasteiger partial charge in [-0.3, -0.25) is 0 Å². The van der Waals surface area contributed by atoms with Gasteiger partial charge in [0.1, 0.15) is 17.9 Å². The first-order valence-corrected chi connectivity index (χ1v) is 11.0. The summed E-state index contributed by atoms with van der Waals surface area (Å²) in [6, 6.07) is 16.0. The fraction of sp³-hybridized carbons (Fsp3) is 0.375. The number of aliphatic hydroxyl groups excluding tert-OH is 3. The molecule has 186 valence electrons. The molecule has 0 spiro atoms. The molecule has 7 atom stereocenters. The van der Waals surface area contributed by atoms with Crippen molar-refractivity contribution >= 4 is 5.97 Å². The molecule has 0 aliphatic carbocycles. The summed E-state index contributed by atoms with van der Waals surface area (Å²) in [4.78, 5) is 11.8. The van der Waals surface area contributed by atoms with Crippen LogP contribution in [0.1, 0.15) is 13.0 Å². The van der Waals surface area contributed by atoms with E-state index in [1.54, 1.807) is 60.7 Å². The number of aliphatic hydroxyl groups is 3. The summed E-state index contributed by atoms with van der Waals surface area (Å²) in [5.41, 5.74) is 1.87. The first-order valence-electron chi connectivity index (χ1n) is 11.0. The minimum Gasteiger partial charge on any atom is -0.477 e. The number of alkyl halides is 2. The number of benzene rings is 2. The second-order valence-corrected chi connectivity index (χ2v) is 8.49. The van der Waals surface area contributed by atoms with Gasteiger partial charge in [-0.1, -0.05) is 72.8 Å². The van der Waals surface area contributed by atoms with Crippen LogP contribution in [0.3, 0.4) is 0 Å². The van der Waals surface area contributed by atoms with Gasteiger partial charge >= 0.3 is 11.8 Å². The largest absolute Gasteiger partial charge is 0.477 e. The number of nitrogens with zero attached hydrogens (tertiary/aromatic N) is 3. The second kappa shape index (κ2) is 9.78. The van der Waals surface area contributed by atoms with Crippen LogP contribution in [-0.2, 0) is 9.53 Å². The minimum absolute atomic E-state index is 0.307. The van der Waals surface area contributed by atoms with E-state index in [1.165, 1.54) is 6.92 Å². The van der Waals surface area contributed by atoms with Gasteiger partial charge in [-0.2, -0.15) is 4.39 Å². The number of carboxylic acid groups (broad SMARTS) is 1. The molecule has 35 heavy (non-hydrogen) atoms. The highest BCUT2D eigenvalue weighted by atomic mass is 19.2. The predicted molar refractivity (Wildman–Crippen MR) is 119 cm³/mol. The zero-order valence-electron chi connectivity index (χ0n) is 18.6. The van der Waals surface area contributed by atoms with Crippen molar-refractivity contribution in [3.8, 4) is 22.5 Å². The lowest BCUT2D eigenvalue weighted by Crippen LogP contribution is -2.63. The number of carboxylic acids is 1. The Morgan fingerprint density at radius 2 is 1.69 bits per heavy atom. The quantitative estimate of drug-likeness (QED) is 0.395. The Bertz CT molecular complexity index is 1160. The molecule has 0 saturated carbocycles. The highest BCUT2D eigenvalue weighted by molar-refractivity contribution is 5.79. The molecule has 11 heteroatoms. The first kappa shape index (κ1) is 24.9. The maximum atomic E-state index is 15.7. The van der Waals surface area contributed by atoms with Crippen molar-refractivity contribution in [3.63, 3.8) is 0 Å². The number of hydrogen-bond donors (Lipinski definition) is 4. The zero-order valence-corrected chi connectivity index (χ0v) is 18.6. The number of rotatable bonds is 7. The molecule has 3 aromatic rings. The maximum absolute atomic E-state index is 15.7. The third-order valence-corrected chi connectivity index (χ3v) is 6.30. The third-order valence-electron chi connectivity index (χ3n) is 6.30. The van der Waals surface area contributed by atoms with Gasteiger partial charge in [-0.25, -0.2) is 13.9 Å². The van der Waals surface area contributed by atoms with Crippen LogP contribution in [0.25, 0.3) is 22.5 Å². The highest BCUT2D eigenvalue weighted by Crippen LogP contribution is 2.46. The van der Waals surface area contributed by atoms with Gasteiger partial charge in [0, 0.05) is 17.0 Å². The highest BCUT2D eigenvalue weighted by Gasteiger charge is 2.63. The Labute approximate surface area is 199 Å². The summed E-state index contributed by atoms with van der Waals surface area (Å²) < 4.78 is 37.3. The first-order chi connectivity index (χ1) is 16.7. The van der Waals surface area contributed by atoms with E-state index in [4.69, 9.17) is 4.74 Å². The lowest BCUT2D eigenvalue weighted by Gasteiger charge is -2.46. The SMILES string of the molecule is C[C@H]1[C@H]([C@H](O)[C@H](O)CO)OC(F)(C(=O)O)C(F)[C@@H]1n1nnc(-c2ccccc2)c1-c1ccccc1. The predicted octanol–water partition coefficient (Wildman–Crippen LogP) is 1.99. The average molecular weight is 489 g/mol. The van der Waals surface area contributed by atoms with Gasteiger partial charge in [0.05, 0.1) is 24.4 Å². The van der Waals surface area contributed by atoms with Crippen molar-refractivity contribution in [1.29, 1.82) is 0 Å². The van der Waals surface area contributed by atoms with Crippen LogP contribution >= 0.6 is 0 Å². The molecule has 1 aromatic heterocycles. The van der Waals surface area contributed by atoms with Gasteiger partial charge in [-0.15, -0.1) is 5.10 Å². The van der Waals surface area contributed by atoms with Crippen molar-refractivity contribution in [1.82, 2.24) is 15.0 Å². The van der Waals surface area contributed by atoms with E-state index in [-0.39, 0.29) is 0 Å². The summed E-state index contributed by atoms with van der Waals surface area (Å²) in [7, 11) is 0. The Morgan fingerprint density at radius 3 is 2.23 bits per heavy atom. The minimum atomic E-state index is -3.86. The van der Waals surface area contributed by atoms with E-state index < -0.39 is 54.9 Å². The lowest BCUT2D eigenvalue weighted by atomic mass is 9.82. The second-order valence-electron chi connectivity index (χ2n) is 8.49. The molecule has 2 heterocycles.